The number of benzene rings is 2. The number of nitrogens with one attached hydrogen (secondary N) is 1. The van der Waals surface area contributed by atoms with Crippen LogP contribution >= 0.6 is 0 Å². The number of anilines is 1. The zero-order valence-corrected chi connectivity index (χ0v) is 15.2. The van der Waals surface area contributed by atoms with Gasteiger partial charge in [0.25, 0.3) is 10.0 Å². The van der Waals surface area contributed by atoms with Crippen molar-refractivity contribution in [1.29, 1.82) is 0 Å². The molecule has 28 heavy (non-hydrogen) atoms. The third-order valence-corrected chi connectivity index (χ3v) is 5.12. The quantitative estimate of drug-likeness (QED) is 0.653. The molecule has 0 amide bonds. The van der Waals surface area contributed by atoms with E-state index in [-0.39, 0.29) is 18.2 Å². The standard InChI is InChI=1S/C19H15F3N2O3S/c20-19(21,22)15-9-4-5-11-17(15)28(25,26)24-18-16(10-6-12-23-18)27-13-14-7-2-1-3-8-14/h1-12H,13H2,(H,23,24). The predicted octanol–water partition coefficient (Wildman–Crippen LogP) is 4.48. The lowest BCUT2D eigenvalue weighted by Gasteiger charge is -2.15. The minimum Gasteiger partial charge on any atom is -0.485 e. The van der Waals surface area contributed by atoms with Crippen LogP contribution in [-0.4, -0.2) is 13.4 Å². The van der Waals surface area contributed by atoms with Gasteiger partial charge in [0.1, 0.15) is 6.61 Å². The fourth-order valence-electron chi connectivity index (χ4n) is 2.44. The van der Waals surface area contributed by atoms with Gasteiger partial charge < -0.3 is 4.74 Å². The van der Waals surface area contributed by atoms with E-state index < -0.39 is 26.7 Å². The first-order valence-corrected chi connectivity index (χ1v) is 9.56. The molecule has 2 aromatic carbocycles. The number of alkyl halides is 3. The summed E-state index contributed by atoms with van der Waals surface area (Å²) in [5.74, 6) is -0.102. The molecule has 0 aliphatic carbocycles. The van der Waals surface area contributed by atoms with Crippen LogP contribution in [0, 0.1) is 0 Å². The SMILES string of the molecule is O=S(=O)(Nc1ncccc1OCc1ccccc1)c1ccccc1C(F)(F)F. The predicted molar refractivity (Wildman–Crippen MR) is 97.3 cm³/mol. The Labute approximate surface area is 159 Å². The van der Waals surface area contributed by atoms with Crippen LogP contribution in [0.1, 0.15) is 11.1 Å². The van der Waals surface area contributed by atoms with Crippen molar-refractivity contribution >= 4 is 15.8 Å². The second-order valence-electron chi connectivity index (χ2n) is 5.72. The lowest BCUT2D eigenvalue weighted by Crippen LogP contribution is -2.19. The van der Waals surface area contributed by atoms with Gasteiger partial charge in [0.2, 0.25) is 0 Å². The first-order chi connectivity index (χ1) is 13.3. The Morgan fingerprint density at radius 2 is 1.61 bits per heavy atom. The number of sulfonamides is 1. The van der Waals surface area contributed by atoms with Crippen LogP contribution in [-0.2, 0) is 22.8 Å². The Hall–Kier alpha value is -3.07. The maximum absolute atomic E-state index is 13.2. The fourth-order valence-corrected chi connectivity index (χ4v) is 3.69. The molecule has 0 unspecified atom stereocenters. The van der Waals surface area contributed by atoms with Gasteiger partial charge in [0.15, 0.2) is 11.6 Å². The van der Waals surface area contributed by atoms with Gasteiger partial charge in [-0.1, -0.05) is 42.5 Å². The molecule has 0 aliphatic heterocycles. The highest BCUT2D eigenvalue weighted by Crippen LogP contribution is 2.35. The largest absolute Gasteiger partial charge is 0.485 e. The van der Waals surface area contributed by atoms with Crippen LogP contribution in [0.2, 0.25) is 0 Å². The molecule has 0 spiro atoms. The summed E-state index contributed by atoms with van der Waals surface area (Å²) < 4.78 is 72.4. The number of hydrogen-bond acceptors (Lipinski definition) is 4. The van der Waals surface area contributed by atoms with Gasteiger partial charge in [-0.05, 0) is 29.8 Å². The Morgan fingerprint density at radius 1 is 0.929 bits per heavy atom. The van der Waals surface area contributed by atoms with Gasteiger partial charge in [-0.2, -0.15) is 13.2 Å². The minimum atomic E-state index is -4.82. The maximum Gasteiger partial charge on any atom is 0.417 e. The third kappa shape index (κ3) is 4.61. The second kappa shape index (κ2) is 7.89. The fraction of sp³-hybridized carbons (Fsp3) is 0.105. The van der Waals surface area contributed by atoms with E-state index in [4.69, 9.17) is 4.74 Å². The van der Waals surface area contributed by atoms with Crippen LogP contribution in [0.4, 0.5) is 19.0 Å². The number of aromatic nitrogens is 1. The van der Waals surface area contributed by atoms with Crippen LogP contribution in [0.25, 0.3) is 0 Å². The van der Waals surface area contributed by atoms with Crippen LogP contribution in [0.3, 0.4) is 0 Å². The van der Waals surface area contributed by atoms with E-state index in [1.165, 1.54) is 24.4 Å². The van der Waals surface area contributed by atoms with Gasteiger partial charge in [0.05, 0.1) is 10.5 Å². The lowest BCUT2D eigenvalue weighted by molar-refractivity contribution is -0.139. The zero-order valence-electron chi connectivity index (χ0n) is 14.3. The monoisotopic (exact) mass is 408 g/mol. The first kappa shape index (κ1) is 19.7. The van der Waals surface area contributed by atoms with E-state index in [9.17, 15) is 21.6 Å². The number of rotatable bonds is 6. The zero-order chi connectivity index (χ0) is 20.2. The molecular formula is C19H15F3N2O3S. The molecule has 0 atom stereocenters. The van der Waals surface area contributed by atoms with E-state index >= 15 is 0 Å². The van der Waals surface area contributed by atoms with E-state index in [2.05, 4.69) is 9.71 Å². The summed E-state index contributed by atoms with van der Waals surface area (Å²) >= 11 is 0. The summed E-state index contributed by atoms with van der Waals surface area (Å²) in [5.41, 5.74) is -0.423. The van der Waals surface area contributed by atoms with Gasteiger partial charge in [0, 0.05) is 6.20 Å². The number of nitrogens with zero attached hydrogens (tertiary/aromatic N) is 1. The Morgan fingerprint density at radius 3 is 2.32 bits per heavy atom. The van der Waals surface area contributed by atoms with Gasteiger partial charge >= 0.3 is 6.18 Å². The van der Waals surface area contributed by atoms with Gasteiger partial charge in [-0.25, -0.2) is 13.4 Å². The average molecular weight is 408 g/mol. The highest BCUT2D eigenvalue weighted by atomic mass is 32.2. The van der Waals surface area contributed by atoms with E-state index in [0.717, 1.165) is 17.7 Å². The molecule has 9 heteroatoms. The number of pyridine rings is 1. The van der Waals surface area contributed by atoms with E-state index in [1.807, 2.05) is 30.3 Å². The molecule has 1 N–H and O–H groups in total. The van der Waals surface area contributed by atoms with Crippen molar-refractivity contribution in [3.63, 3.8) is 0 Å². The Kier molecular flexibility index (Phi) is 5.55. The summed E-state index contributed by atoms with van der Waals surface area (Å²) in [6, 6.07) is 16.1. The van der Waals surface area contributed by atoms with Crippen molar-refractivity contribution in [2.75, 3.05) is 4.72 Å². The third-order valence-electron chi connectivity index (χ3n) is 3.72. The number of ether oxygens (including phenoxy) is 1. The molecule has 0 fully saturated rings. The maximum atomic E-state index is 13.2. The summed E-state index contributed by atoms with van der Waals surface area (Å²) in [6.45, 7) is 0.139. The van der Waals surface area contributed by atoms with Crippen molar-refractivity contribution in [3.8, 4) is 5.75 Å². The van der Waals surface area contributed by atoms with Crippen molar-refractivity contribution in [2.45, 2.75) is 17.7 Å². The molecule has 3 aromatic rings. The van der Waals surface area contributed by atoms with Gasteiger partial charge in [-0.3, -0.25) is 4.72 Å². The topological polar surface area (TPSA) is 68.3 Å². The molecule has 0 saturated heterocycles. The smallest absolute Gasteiger partial charge is 0.417 e. The van der Waals surface area contributed by atoms with Crippen molar-refractivity contribution < 1.29 is 26.3 Å². The molecule has 3 rings (SSSR count). The van der Waals surface area contributed by atoms with E-state index in [1.54, 1.807) is 0 Å². The Balaban J connectivity index is 1.88. The van der Waals surface area contributed by atoms with Crippen molar-refractivity contribution in [1.82, 2.24) is 4.98 Å². The Bertz CT molecular complexity index is 1060. The summed E-state index contributed by atoms with van der Waals surface area (Å²) in [7, 11) is -4.55. The van der Waals surface area contributed by atoms with Crippen molar-refractivity contribution in [3.05, 3.63) is 84.1 Å². The number of hydrogen-bond donors (Lipinski definition) is 1. The molecular weight excluding hydrogens is 393 g/mol. The molecule has 1 aromatic heterocycles. The average Bonchev–Trinajstić information content (AvgIpc) is 2.67. The lowest BCUT2D eigenvalue weighted by atomic mass is 10.2. The summed E-state index contributed by atoms with van der Waals surface area (Å²) in [4.78, 5) is 3.01. The summed E-state index contributed by atoms with van der Waals surface area (Å²) in [6.07, 6.45) is -3.51. The molecule has 5 nitrogen and oxygen atoms in total. The summed E-state index contributed by atoms with van der Waals surface area (Å²) in [5, 5.41) is 0. The highest BCUT2D eigenvalue weighted by Gasteiger charge is 2.37. The molecule has 0 bridgehead atoms. The van der Waals surface area contributed by atoms with Crippen molar-refractivity contribution in [2.24, 2.45) is 0 Å². The minimum absolute atomic E-state index is 0.0967. The van der Waals surface area contributed by atoms with Crippen LogP contribution < -0.4 is 9.46 Å². The molecule has 0 saturated carbocycles. The molecule has 1 heterocycles. The number of halogens is 3. The first-order valence-electron chi connectivity index (χ1n) is 8.08. The highest BCUT2D eigenvalue weighted by molar-refractivity contribution is 7.92. The molecule has 146 valence electrons. The molecule has 0 radical (unpaired) electrons. The van der Waals surface area contributed by atoms with Crippen LogP contribution in [0.15, 0.2) is 77.8 Å². The molecule has 0 aliphatic rings. The van der Waals surface area contributed by atoms with Crippen LogP contribution in [0.5, 0.6) is 5.75 Å². The second-order valence-corrected chi connectivity index (χ2v) is 7.37. The van der Waals surface area contributed by atoms with E-state index in [0.29, 0.717) is 6.07 Å². The van der Waals surface area contributed by atoms with Gasteiger partial charge in [-0.15, -0.1) is 0 Å². The normalized spacial score (nSPS) is 11.8.